The van der Waals surface area contributed by atoms with Crippen LogP contribution in [0.5, 0.6) is 5.75 Å². The van der Waals surface area contributed by atoms with Gasteiger partial charge in [-0.2, -0.15) is 5.26 Å². The molecular formula is C13H18N2O3S. The van der Waals surface area contributed by atoms with Gasteiger partial charge in [-0.1, -0.05) is 0 Å². The molecule has 0 aliphatic heterocycles. The summed E-state index contributed by atoms with van der Waals surface area (Å²) >= 11 is 0. The van der Waals surface area contributed by atoms with Crippen molar-refractivity contribution in [1.29, 1.82) is 5.26 Å². The molecule has 0 aliphatic rings. The zero-order valence-electron chi connectivity index (χ0n) is 11.3. The second-order valence-corrected chi connectivity index (χ2v) is 6.92. The Hall–Kier alpha value is -1.58. The average molecular weight is 282 g/mol. The SMILES string of the molecule is CC(CC(C)(N)C#N)Oc1ccc(S(C)(=O)=O)cc1. The minimum absolute atomic E-state index is 0.237. The lowest BCUT2D eigenvalue weighted by Gasteiger charge is -2.21. The first-order chi connectivity index (χ1) is 8.64. The highest BCUT2D eigenvalue weighted by molar-refractivity contribution is 7.90. The Morgan fingerprint density at radius 3 is 2.37 bits per heavy atom. The van der Waals surface area contributed by atoms with Crippen molar-refractivity contribution < 1.29 is 13.2 Å². The molecule has 6 heteroatoms. The zero-order valence-corrected chi connectivity index (χ0v) is 12.1. The van der Waals surface area contributed by atoms with Crippen LogP contribution in [0.25, 0.3) is 0 Å². The number of nitrogens with zero attached hydrogens (tertiary/aromatic N) is 1. The lowest BCUT2D eigenvalue weighted by atomic mass is 9.98. The molecule has 0 heterocycles. The Morgan fingerprint density at radius 2 is 1.95 bits per heavy atom. The number of sulfone groups is 1. The van der Waals surface area contributed by atoms with Crippen LogP contribution in [0.1, 0.15) is 20.3 Å². The second-order valence-electron chi connectivity index (χ2n) is 4.91. The van der Waals surface area contributed by atoms with Gasteiger partial charge in [-0.15, -0.1) is 0 Å². The molecule has 1 aromatic rings. The summed E-state index contributed by atoms with van der Waals surface area (Å²) in [7, 11) is -3.20. The number of nitriles is 1. The number of nitrogens with two attached hydrogens (primary N) is 1. The third kappa shape index (κ3) is 4.89. The van der Waals surface area contributed by atoms with Crippen molar-refractivity contribution in [3.8, 4) is 11.8 Å². The summed E-state index contributed by atoms with van der Waals surface area (Å²) in [6.45, 7) is 3.45. The van der Waals surface area contributed by atoms with Gasteiger partial charge in [-0.25, -0.2) is 8.42 Å². The van der Waals surface area contributed by atoms with Crippen molar-refractivity contribution >= 4 is 9.84 Å². The van der Waals surface area contributed by atoms with Gasteiger partial charge in [0.25, 0.3) is 0 Å². The van der Waals surface area contributed by atoms with Crippen molar-refractivity contribution in [2.75, 3.05) is 6.26 Å². The van der Waals surface area contributed by atoms with E-state index in [2.05, 4.69) is 0 Å². The fraction of sp³-hybridized carbons (Fsp3) is 0.462. The average Bonchev–Trinajstić information content (AvgIpc) is 2.27. The standard InChI is InChI=1S/C13H18N2O3S/c1-10(8-13(2,15)9-14)18-11-4-6-12(7-5-11)19(3,16)17/h4-7,10H,8,15H2,1-3H3. The van der Waals surface area contributed by atoms with Gasteiger partial charge in [0.1, 0.15) is 11.3 Å². The first kappa shape index (κ1) is 15.5. The van der Waals surface area contributed by atoms with E-state index in [4.69, 9.17) is 15.7 Å². The van der Waals surface area contributed by atoms with Crippen molar-refractivity contribution in [3.63, 3.8) is 0 Å². The van der Waals surface area contributed by atoms with E-state index in [1.807, 2.05) is 13.0 Å². The molecule has 2 unspecified atom stereocenters. The van der Waals surface area contributed by atoms with Gasteiger partial charge in [0, 0.05) is 12.7 Å². The monoisotopic (exact) mass is 282 g/mol. The molecule has 104 valence electrons. The molecule has 0 aliphatic carbocycles. The Labute approximate surface area is 113 Å². The van der Waals surface area contributed by atoms with Gasteiger partial charge in [-0.3, -0.25) is 0 Å². The van der Waals surface area contributed by atoms with Gasteiger partial charge >= 0.3 is 0 Å². The normalized spacial score (nSPS) is 16.2. The smallest absolute Gasteiger partial charge is 0.175 e. The predicted molar refractivity (Wildman–Crippen MR) is 72.5 cm³/mol. The van der Waals surface area contributed by atoms with Gasteiger partial charge in [-0.05, 0) is 38.1 Å². The molecule has 0 saturated heterocycles. The lowest BCUT2D eigenvalue weighted by Crippen LogP contribution is -2.38. The largest absolute Gasteiger partial charge is 0.491 e. The molecule has 2 atom stereocenters. The highest BCUT2D eigenvalue weighted by atomic mass is 32.2. The van der Waals surface area contributed by atoms with E-state index < -0.39 is 15.4 Å². The molecule has 2 N–H and O–H groups in total. The molecule has 5 nitrogen and oxygen atoms in total. The number of hydrogen-bond donors (Lipinski definition) is 1. The molecule has 1 rings (SSSR count). The number of hydrogen-bond acceptors (Lipinski definition) is 5. The molecule has 19 heavy (non-hydrogen) atoms. The highest BCUT2D eigenvalue weighted by Crippen LogP contribution is 2.19. The molecule has 0 amide bonds. The van der Waals surface area contributed by atoms with Crippen molar-refractivity contribution in [3.05, 3.63) is 24.3 Å². The van der Waals surface area contributed by atoms with Gasteiger partial charge in [0.05, 0.1) is 17.1 Å². The first-order valence-corrected chi connectivity index (χ1v) is 7.70. The van der Waals surface area contributed by atoms with Crippen molar-refractivity contribution in [2.45, 2.75) is 36.8 Å². The maximum atomic E-state index is 11.3. The van der Waals surface area contributed by atoms with Crippen LogP contribution in [0, 0.1) is 11.3 Å². The number of rotatable bonds is 5. The highest BCUT2D eigenvalue weighted by Gasteiger charge is 2.22. The van der Waals surface area contributed by atoms with E-state index in [9.17, 15) is 8.42 Å². The van der Waals surface area contributed by atoms with Crippen molar-refractivity contribution in [1.82, 2.24) is 0 Å². The summed E-state index contributed by atoms with van der Waals surface area (Å²) < 4.78 is 28.2. The zero-order chi connectivity index (χ0) is 14.7. The van der Waals surface area contributed by atoms with Crippen LogP contribution >= 0.6 is 0 Å². The molecule has 0 fully saturated rings. The third-order valence-corrected chi connectivity index (χ3v) is 3.68. The fourth-order valence-electron chi connectivity index (χ4n) is 1.68. The predicted octanol–water partition coefficient (Wildman–Crippen LogP) is 1.49. The number of benzene rings is 1. The molecule has 0 saturated carbocycles. The Balaban J connectivity index is 2.72. The van der Waals surface area contributed by atoms with Gasteiger partial charge in [0.15, 0.2) is 9.84 Å². The number of ether oxygens (including phenoxy) is 1. The van der Waals surface area contributed by atoms with Crippen LogP contribution in [0.4, 0.5) is 0 Å². The van der Waals surface area contributed by atoms with E-state index in [1.54, 1.807) is 19.1 Å². The molecule has 0 spiro atoms. The summed E-state index contributed by atoms with van der Waals surface area (Å²) in [4.78, 5) is 0.244. The Morgan fingerprint density at radius 1 is 1.42 bits per heavy atom. The molecule has 0 radical (unpaired) electrons. The summed E-state index contributed by atoms with van der Waals surface area (Å²) in [5.41, 5.74) is 4.79. The Bertz CT molecular complexity index is 571. The molecule has 0 aromatic heterocycles. The summed E-state index contributed by atoms with van der Waals surface area (Å²) in [6, 6.07) is 8.17. The summed E-state index contributed by atoms with van der Waals surface area (Å²) in [5.74, 6) is 0.550. The van der Waals surface area contributed by atoms with Crippen molar-refractivity contribution in [2.24, 2.45) is 5.73 Å². The van der Waals surface area contributed by atoms with Crippen LogP contribution in [0.2, 0.25) is 0 Å². The minimum Gasteiger partial charge on any atom is -0.491 e. The fourth-order valence-corrected chi connectivity index (χ4v) is 2.31. The van der Waals surface area contributed by atoms with E-state index in [1.165, 1.54) is 12.1 Å². The van der Waals surface area contributed by atoms with E-state index in [0.717, 1.165) is 6.26 Å². The van der Waals surface area contributed by atoms with Crippen LogP contribution in [-0.2, 0) is 9.84 Å². The maximum absolute atomic E-state index is 11.3. The molecular weight excluding hydrogens is 264 g/mol. The molecule has 1 aromatic carbocycles. The maximum Gasteiger partial charge on any atom is 0.175 e. The van der Waals surface area contributed by atoms with Gasteiger partial charge < -0.3 is 10.5 Å². The summed E-state index contributed by atoms with van der Waals surface area (Å²) in [6.07, 6.45) is 1.30. The lowest BCUT2D eigenvalue weighted by molar-refractivity contribution is 0.191. The molecule has 0 bridgehead atoms. The van der Waals surface area contributed by atoms with Crippen LogP contribution in [0.3, 0.4) is 0 Å². The van der Waals surface area contributed by atoms with E-state index >= 15 is 0 Å². The topological polar surface area (TPSA) is 93.2 Å². The summed E-state index contributed by atoms with van der Waals surface area (Å²) in [5, 5.41) is 8.84. The van der Waals surface area contributed by atoms with E-state index in [0.29, 0.717) is 12.2 Å². The van der Waals surface area contributed by atoms with Crippen LogP contribution < -0.4 is 10.5 Å². The quantitative estimate of drug-likeness (QED) is 0.883. The second kappa shape index (κ2) is 5.59. The third-order valence-electron chi connectivity index (χ3n) is 2.56. The van der Waals surface area contributed by atoms with E-state index in [-0.39, 0.29) is 11.0 Å². The van der Waals surface area contributed by atoms with Gasteiger partial charge in [0.2, 0.25) is 0 Å². The first-order valence-electron chi connectivity index (χ1n) is 5.81. The Kier molecular flexibility index (Phi) is 4.56. The van der Waals surface area contributed by atoms with Crippen LogP contribution in [-0.4, -0.2) is 26.3 Å². The minimum atomic E-state index is -3.20. The van der Waals surface area contributed by atoms with Crippen LogP contribution in [0.15, 0.2) is 29.2 Å².